The van der Waals surface area contributed by atoms with E-state index in [4.69, 9.17) is 18.6 Å². The highest BCUT2D eigenvalue weighted by molar-refractivity contribution is 6.15. The van der Waals surface area contributed by atoms with E-state index < -0.39 is 0 Å². The van der Waals surface area contributed by atoms with Crippen LogP contribution in [0.4, 0.5) is 0 Å². The SMILES string of the molecule is COc1cccc(/C=C2\Oc3c(ccc4c3CN(Cc3ccco3)CO4)C2=O)c1. The Bertz CT molecular complexity index is 1100. The summed E-state index contributed by atoms with van der Waals surface area (Å²) in [6.45, 7) is 1.68. The normalized spacial score (nSPS) is 16.9. The third-order valence-corrected chi connectivity index (χ3v) is 5.03. The van der Waals surface area contributed by atoms with E-state index in [0.29, 0.717) is 36.9 Å². The van der Waals surface area contributed by atoms with Crippen LogP contribution in [-0.2, 0) is 13.1 Å². The van der Waals surface area contributed by atoms with Crippen LogP contribution in [0.5, 0.6) is 17.2 Å². The monoisotopic (exact) mass is 389 g/mol. The lowest BCUT2D eigenvalue weighted by Crippen LogP contribution is -2.31. The van der Waals surface area contributed by atoms with Gasteiger partial charge in [0.05, 0.1) is 31.0 Å². The Morgan fingerprint density at radius 2 is 2.10 bits per heavy atom. The average Bonchev–Trinajstić information content (AvgIpc) is 3.37. The van der Waals surface area contributed by atoms with E-state index in [0.717, 1.165) is 28.4 Å². The number of fused-ring (bicyclic) bond motifs is 3. The number of carbonyl (C=O) groups excluding carboxylic acids is 1. The van der Waals surface area contributed by atoms with Gasteiger partial charge in [-0.2, -0.15) is 0 Å². The van der Waals surface area contributed by atoms with Crippen LogP contribution in [-0.4, -0.2) is 24.5 Å². The Morgan fingerprint density at radius 1 is 1.17 bits per heavy atom. The van der Waals surface area contributed by atoms with E-state index in [2.05, 4.69) is 4.90 Å². The van der Waals surface area contributed by atoms with Crippen molar-refractivity contribution in [3.8, 4) is 17.2 Å². The zero-order chi connectivity index (χ0) is 19.8. The number of benzene rings is 2. The van der Waals surface area contributed by atoms with E-state index >= 15 is 0 Å². The molecule has 6 heteroatoms. The fourth-order valence-corrected chi connectivity index (χ4v) is 3.61. The van der Waals surface area contributed by atoms with Crippen LogP contribution in [0.3, 0.4) is 0 Å². The highest BCUT2D eigenvalue weighted by Gasteiger charge is 2.33. The summed E-state index contributed by atoms with van der Waals surface area (Å²) < 4.78 is 22.6. The maximum absolute atomic E-state index is 12.9. The summed E-state index contributed by atoms with van der Waals surface area (Å²) in [6.07, 6.45) is 3.39. The van der Waals surface area contributed by atoms with Crippen LogP contribution in [0.25, 0.3) is 6.08 Å². The topological polar surface area (TPSA) is 61.1 Å². The molecule has 0 bridgehead atoms. The number of ether oxygens (including phenoxy) is 3. The van der Waals surface area contributed by atoms with Gasteiger partial charge in [0.25, 0.3) is 0 Å². The number of carbonyl (C=O) groups is 1. The van der Waals surface area contributed by atoms with Gasteiger partial charge in [0.15, 0.2) is 5.76 Å². The summed E-state index contributed by atoms with van der Waals surface area (Å²) in [7, 11) is 1.61. The van der Waals surface area contributed by atoms with Crippen LogP contribution in [0.15, 0.2) is 65.0 Å². The second-order valence-corrected chi connectivity index (χ2v) is 6.98. The van der Waals surface area contributed by atoms with Gasteiger partial charge in [-0.05, 0) is 48.0 Å². The van der Waals surface area contributed by atoms with Crippen LogP contribution in [0, 0.1) is 0 Å². The molecule has 1 aromatic heterocycles. The van der Waals surface area contributed by atoms with Gasteiger partial charge in [-0.3, -0.25) is 9.69 Å². The first-order valence-corrected chi connectivity index (χ1v) is 9.33. The molecular formula is C23H19NO5. The summed E-state index contributed by atoms with van der Waals surface area (Å²) in [5.74, 6) is 3.07. The molecule has 0 saturated carbocycles. The van der Waals surface area contributed by atoms with Crippen molar-refractivity contribution < 1.29 is 23.4 Å². The largest absolute Gasteiger partial charge is 0.497 e. The molecule has 2 aliphatic heterocycles. The fraction of sp³-hybridized carbons (Fsp3) is 0.174. The van der Waals surface area contributed by atoms with Crippen LogP contribution in [0.2, 0.25) is 0 Å². The number of nitrogens with zero attached hydrogens (tertiary/aromatic N) is 1. The Hall–Kier alpha value is -3.51. The molecule has 0 radical (unpaired) electrons. The van der Waals surface area contributed by atoms with E-state index in [-0.39, 0.29) is 5.78 Å². The summed E-state index contributed by atoms with van der Waals surface area (Å²) in [5.41, 5.74) is 2.27. The molecule has 2 aliphatic rings. The van der Waals surface area contributed by atoms with Crippen molar-refractivity contribution in [3.05, 3.63) is 83.0 Å². The van der Waals surface area contributed by atoms with Crippen molar-refractivity contribution in [2.45, 2.75) is 13.1 Å². The molecule has 0 aliphatic carbocycles. The Morgan fingerprint density at radius 3 is 2.93 bits per heavy atom. The predicted octanol–water partition coefficient (Wildman–Crippen LogP) is 4.26. The first-order valence-electron chi connectivity index (χ1n) is 9.33. The number of methoxy groups -OCH3 is 1. The van der Waals surface area contributed by atoms with Crippen LogP contribution in [0.1, 0.15) is 27.2 Å². The third-order valence-electron chi connectivity index (χ3n) is 5.03. The molecule has 6 nitrogen and oxygen atoms in total. The van der Waals surface area contributed by atoms with Crippen molar-refractivity contribution in [2.75, 3.05) is 13.8 Å². The number of hydrogen-bond donors (Lipinski definition) is 0. The molecule has 0 saturated heterocycles. The maximum atomic E-state index is 12.9. The lowest BCUT2D eigenvalue weighted by atomic mass is 10.0. The number of ketones is 1. The van der Waals surface area contributed by atoms with Gasteiger partial charge in [0.1, 0.15) is 29.7 Å². The summed E-state index contributed by atoms with van der Waals surface area (Å²) >= 11 is 0. The first kappa shape index (κ1) is 17.6. The molecule has 0 N–H and O–H groups in total. The molecule has 0 amide bonds. The maximum Gasteiger partial charge on any atom is 0.231 e. The number of allylic oxidation sites excluding steroid dienone is 1. The number of rotatable bonds is 4. The lowest BCUT2D eigenvalue weighted by Gasteiger charge is -2.29. The van der Waals surface area contributed by atoms with Crippen molar-refractivity contribution in [1.29, 1.82) is 0 Å². The molecule has 0 spiro atoms. The first-order chi connectivity index (χ1) is 14.2. The second kappa shape index (κ2) is 7.14. The molecule has 146 valence electrons. The molecule has 3 heterocycles. The highest BCUT2D eigenvalue weighted by atomic mass is 16.5. The van der Waals surface area contributed by atoms with Gasteiger partial charge >= 0.3 is 0 Å². The molecule has 3 aromatic rings. The second-order valence-electron chi connectivity index (χ2n) is 6.98. The Balaban J connectivity index is 1.44. The van der Waals surface area contributed by atoms with Gasteiger partial charge in [-0.15, -0.1) is 0 Å². The van der Waals surface area contributed by atoms with Crippen molar-refractivity contribution in [2.24, 2.45) is 0 Å². The molecule has 0 unspecified atom stereocenters. The van der Waals surface area contributed by atoms with Crippen molar-refractivity contribution in [1.82, 2.24) is 4.90 Å². The Labute approximate surface area is 167 Å². The number of hydrogen-bond acceptors (Lipinski definition) is 6. The van der Waals surface area contributed by atoms with Crippen molar-refractivity contribution in [3.63, 3.8) is 0 Å². The number of Topliss-reactive ketones (excluding diaryl/α,β-unsaturated/α-hetero) is 1. The van der Waals surface area contributed by atoms with Crippen LogP contribution >= 0.6 is 0 Å². The minimum Gasteiger partial charge on any atom is -0.497 e. The average molecular weight is 389 g/mol. The van der Waals surface area contributed by atoms with Gasteiger partial charge in [0, 0.05) is 6.54 Å². The van der Waals surface area contributed by atoms with Gasteiger partial charge in [0.2, 0.25) is 5.78 Å². The minimum atomic E-state index is -0.131. The Kier molecular flexibility index (Phi) is 4.33. The predicted molar refractivity (Wildman–Crippen MR) is 106 cm³/mol. The standard InChI is InChI=1S/C23H19NO5/c1-26-16-5-2-4-15(10-16)11-21-22(25)18-7-8-20-19(23(18)29-21)13-24(14-28-20)12-17-6-3-9-27-17/h2-11H,12-14H2,1H3/b21-11-. The zero-order valence-corrected chi connectivity index (χ0v) is 15.9. The quantitative estimate of drug-likeness (QED) is 0.622. The lowest BCUT2D eigenvalue weighted by molar-refractivity contribution is 0.0810. The van der Waals surface area contributed by atoms with E-state index in [1.807, 2.05) is 42.5 Å². The smallest absolute Gasteiger partial charge is 0.231 e. The van der Waals surface area contributed by atoms with Crippen molar-refractivity contribution >= 4 is 11.9 Å². The van der Waals surface area contributed by atoms with Gasteiger partial charge in [-0.1, -0.05) is 12.1 Å². The van der Waals surface area contributed by atoms with E-state index in [1.54, 1.807) is 25.5 Å². The fourth-order valence-electron chi connectivity index (χ4n) is 3.61. The minimum absolute atomic E-state index is 0.131. The zero-order valence-electron chi connectivity index (χ0n) is 15.9. The number of furan rings is 1. The molecule has 5 rings (SSSR count). The van der Waals surface area contributed by atoms with Gasteiger partial charge in [-0.25, -0.2) is 0 Å². The molecule has 2 aromatic carbocycles. The van der Waals surface area contributed by atoms with E-state index in [1.165, 1.54) is 0 Å². The van der Waals surface area contributed by atoms with E-state index in [9.17, 15) is 4.79 Å². The summed E-state index contributed by atoms with van der Waals surface area (Å²) in [4.78, 5) is 15.0. The molecule has 0 atom stereocenters. The molecule has 0 fully saturated rings. The summed E-state index contributed by atoms with van der Waals surface area (Å²) in [5, 5.41) is 0. The van der Waals surface area contributed by atoms with Crippen LogP contribution < -0.4 is 14.2 Å². The van der Waals surface area contributed by atoms with Gasteiger partial charge < -0.3 is 18.6 Å². The summed E-state index contributed by atoms with van der Waals surface area (Å²) in [6, 6.07) is 14.9. The molecular weight excluding hydrogens is 370 g/mol. The highest BCUT2D eigenvalue weighted by Crippen LogP contribution is 2.42. The third kappa shape index (κ3) is 3.28. The molecule has 29 heavy (non-hydrogen) atoms.